The highest BCUT2D eigenvalue weighted by atomic mass is 16.6. The second kappa shape index (κ2) is 7.01. The Balaban J connectivity index is 1.91. The van der Waals surface area contributed by atoms with E-state index in [2.05, 4.69) is 17.4 Å². The van der Waals surface area contributed by atoms with Crippen molar-refractivity contribution in [2.45, 2.75) is 38.8 Å². The minimum Gasteiger partial charge on any atom is -0.497 e. The molecule has 1 saturated heterocycles. The van der Waals surface area contributed by atoms with Crippen molar-refractivity contribution in [3.05, 3.63) is 29.8 Å². The molecule has 1 atom stereocenters. The van der Waals surface area contributed by atoms with Crippen LogP contribution in [0.5, 0.6) is 5.75 Å². The zero-order valence-electron chi connectivity index (χ0n) is 13.9. The second-order valence-corrected chi connectivity index (χ2v) is 6.63. The lowest BCUT2D eigenvalue weighted by molar-refractivity contribution is 0.0195. The molecule has 0 spiro atoms. The van der Waals surface area contributed by atoms with Crippen molar-refractivity contribution in [1.29, 1.82) is 0 Å². The largest absolute Gasteiger partial charge is 0.497 e. The highest BCUT2D eigenvalue weighted by molar-refractivity contribution is 5.68. The normalized spacial score (nSPS) is 18.9. The summed E-state index contributed by atoms with van der Waals surface area (Å²) in [5, 5.41) is 3.46. The summed E-state index contributed by atoms with van der Waals surface area (Å²) in [4.78, 5) is 13.9. The molecule has 1 aromatic carbocycles. The average molecular weight is 306 g/mol. The molecule has 0 aromatic heterocycles. The molecule has 5 nitrogen and oxygen atoms in total. The fraction of sp³-hybridized carbons (Fsp3) is 0.588. The van der Waals surface area contributed by atoms with E-state index in [0.717, 1.165) is 18.7 Å². The molecule has 1 aliphatic heterocycles. The summed E-state index contributed by atoms with van der Waals surface area (Å²) in [5.74, 6) is 0.857. The van der Waals surface area contributed by atoms with Crippen molar-refractivity contribution in [1.82, 2.24) is 10.2 Å². The molecule has 0 bridgehead atoms. The van der Waals surface area contributed by atoms with Crippen LogP contribution < -0.4 is 10.1 Å². The third kappa shape index (κ3) is 4.91. The first-order valence-corrected chi connectivity index (χ1v) is 7.71. The Bertz CT molecular complexity index is 494. The first-order valence-electron chi connectivity index (χ1n) is 7.71. The van der Waals surface area contributed by atoms with E-state index in [9.17, 15) is 4.79 Å². The van der Waals surface area contributed by atoms with E-state index in [1.165, 1.54) is 5.56 Å². The Hall–Kier alpha value is -1.75. The zero-order valence-corrected chi connectivity index (χ0v) is 13.9. The Morgan fingerprint density at radius 1 is 1.32 bits per heavy atom. The van der Waals surface area contributed by atoms with E-state index in [-0.39, 0.29) is 12.1 Å². The first-order chi connectivity index (χ1) is 10.4. The Morgan fingerprint density at radius 3 is 2.59 bits per heavy atom. The van der Waals surface area contributed by atoms with Crippen molar-refractivity contribution < 1.29 is 14.3 Å². The molecule has 1 fully saturated rings. The number of rotatable bonds is 3. The minimum atomic E-state index is -0.451. The molecule has 0 unspecified atom stereocenters. The number of methoxy groups -OCH3 is 1. The minimum absolute atomic E-state index is 0.228. The Morgan fingerprint density at radius 2 is 2.00 bits per heavy atom. The predicted molar refractivity (Wildman–Crippen MR) is 86.3 cm³/mol. The molecule has 22 heavy (non-hydrogen) atoms. The van der Waals surface area contributed by atoms with E-state index in [1.54, 1.807) is 12.0 Å². The summed E-state index contributed by atoms with van der Waals surface area (Å²) >= 11 is 0. The average Bonchev–Trinajstić information content (AvgIpc) is 2.46. The second-order valence-electron chi connectivity index (χ2n) is 6.63. The van der Waals surface area contributed by atoms with Gasteiger partial charge in [0.15, 0.2) is 0 Å². The van der Waals surface area contributed by atoms with E-state index in [0.29, 0.717) is 13.1 Å². The van der Waals surface area contributed by atoms with Crippen molar-refractivity contribution in [2.75, 3.05) is 26.7 Å². The van der Waals surface area contributed by atoms with Gasteiger partial charge in [-0.1, -0.05) is 12.1 Å². The summed E-state index contributed by atoms with van der Waals surface area (Å²) in [6.45, 7) is 7.82. The summed E-state index contributed by atoms with van der Waals surface area (Å²) in [7, 11) is 1.66. The molecule has 1 aromatic rings. The number of ether oxygens (including phenoxy) is 2. The number of carbonyl (C=O) groups is 1. The van der Waals surface area contributed by atoms with Crippen LogP contribution in [0.3, 0.4) is 0 Å². The highest BCUT2D eigenvalue weighted by Crippen LogP contribution is 2.15. The third-order valence-corrected chi connectivity index (χ3v) is 3.55. The van der Waals surface area contributed by atoms with Gasteiger partial charge in [-0.2, -0.15) is 0 Å². The van der Waals surface area contributed by atoms with E-state index < -0.39 is 5.60 Å². The van der Waals surface area contributed by atoms with Gasteiger partial charge < -0.3 is 19.7 Å². The first kappa shape index (κ1) is 16.6. The molecule has 0 aliphatic carbocycles. The van der Waals surface area contributed by atoms with Crippen LogP contribution in [0.25, 0.3) is 0 Å². The number of piperazine rings is 1. The number of nitrogens with zero attached hydrogens (tertiary/aromatic N) is 1. The SMILES string of the molecule is COc1ccc(C[C@H]2CN(C(=O)OC(C)(C)C)CCN2)cc1. The van der Waals surface area contributed by atoms with Crippen molar-refractivity contribution in [3.63, 3.8) is 0 Å². The zero-order chi connectivity index (χ0) is 16.2. The molecule has 122 valence electrons. The van der Waals surface area contributed by atoms with Crippen LogP contribution in [0.1, 0.15) is 26.3 Å². The molecule has 2 rings (SSSR count). The molecule has 1 amide bonds. The van der Waals surface area contributed by atoms with Gasteiger partial charge in [-0.05, 0) is 44.9 Å². The summed E-state index contributed by atoms with van der Waals surface area (Å²) in [6, 6.07) is 8.29. The molecule has 0 radical (unpaired) electrons. The van der Waals surface area contributed by atoms with E-state index in [1.807, 2.05) is 32.9 Å². The standard InChI is InChI=1S/C17H26N2O3/c1-17(2,3)22-16(20)19-10-9-18-14(12-19)11-13-5-7-15(21-4)8-6-13/h5-8,14,18H,9-12H2,1-4H3/t14-/m0/s1. The van der Waals surface area contributed by atoms with Gasteiger partial charge in [-0.15, -0.1) is 0 Å². The molecule has 1 aliphatic rings. The van der Waals surface area contributed by atoms with Crippen LogP contribution in [-0.2, 0) is 11.2 Å². The van der Waals surface area contributed by atoms with Gasteiger partial charge in [-0.3, -0.25) is 0 Å². The van der Waals surface area contributed by atoms with Crippen LogP contribution in [0.15, 0.2) is 24.3 Å². The topological polar surface area (TPSA) is 50.8 Å². The number of hydrogen-bond acceptors (Lipinski definition) is 4. The quantitative estimate of drug-likeness (QED) is 0.932. The molecule has 1 heterocycles. The van der Waals surface area contributed by atoms with E-state index in [4.69, 9.17) is 9.47 Å². The van der Waals surface area contributed by atoms with Crippen LogP contribution >= 0.6 is 0 Å². The van der Waals surface area contributed by atoms with Gasteiger partial charge >= 0.3 is 6.09 Å². The monoisotopic (exact) mass is 306 g/mol. The Kier molecular flexibility index (Phi) is 5.29. The van der Waals surface area contributed by atoms with Crippen molar-refractivity contribution >= 4 is 6.09 Å². The highest BCUT2D eigenvalue weighted by Gasteiger charge is 2.27. The number of hydrogen-bond donors (Lipinski definition) is 1. The maximum absolute atomic E-state index is 12.2. The smallest absolute Gasteiger partial charge is 0.410 e. The fourth-order valence-corrected chi connectivity index (χ4v) is 2.50. The molecule has 1 N–H and O–H groups in total. The maximum Gasteiger partial charge on any atom is 0.410 e. The van der Waals surface area contributed by atoms with Crippen LogP contribution in [0.4, 0.5) is 4.79 Å². The predicted octanol–water partition coefficient (Wildman–Crippen LogP) is 2.45. The van der Waals surface area contributed by atoms with E-state index >= 15 is 0 Å². The van der Waals surface area contributed by atoms with Gasteiger partial charge in [0.1, 0.15) is 11.4 Å². The number of nitrogens with one attached hydrogen (secondary N) is 1. The molecular formula is C17H26N2O3. The van der Waals surface area contributed by atoms with Crippen LogP contribution in [0, 0.1) is 0 Å². The number of amides is 1. The van der Waals surface area contributed by atoms with Gasteiger partial charge in [0.25, 0.3) is 0 Å². The maximum atomic E-state index is 12.2. The lowest BCUT2D eigenvalue weighted by Crippen LogP contribution is -2.54. The summed E-state index contributed by atoms with van der Waals surface area (Å²) < 4.78 is 10.6. The fourth-order valence-electron chi connectivity index (χ4n) is 2.50. The summed E-state index contributed by atoms with van der Waals surface area (Å²) in [6.07, 6.45) is 0.650. The number of benzene rings is 1. The summed E-state index contributed by atoms with van der Waals surface area (Å²) in [5.41, 5.74) is 0.775. The molecule has 0 saturated carbocycles. The van der Waals surface area contributed by atoms with Gasteiger partial charge in [0.05, 0.1) is 7.11 Å². The van der Waals surface area contributed by atoms with Crippen molar-refractivity contribution in [2.24, 2.45) is 0 Å². The van der Waals surface area contributed by atoms with Crippen LogP contribution in [0.2, 0.25) is 0 Å². The third-order valence-electron chi connectivity index (χ3n) is 3.55. The lowest BCUT2D eigenvalue weighted by Gasteiger charge is -2.35. The molecular weight excluding hydrogens is 280 g/mol. The Labute approximate surface area is 132 Å². The van der Waals surface area contributed by atoms with Gasteiger partial charge in [-0.25, -0.2) is 4.79 Å². The van der Waals surface area contributed by atoms with Crippen molar-refractivity contribution in [3.8, 4) is 5.75 Å². The van der Waals surface area contributed by atoms with Crippen LogP contribution in [-0.4, -0.2) is 49.4 Å². The van der Waals surface area contributed by atoms with Gasteiger partial charge in [0.2, 0.25) is 0 Å². The van der Waals surface area contributed by atoms with Gasteiger partial charge in [0, 0.05) is 25.7 Å². The lowest BCUT2D eigenvalue weighted by atomic mass is 10.0. The number of carbonyl (C=O) groups excluding carboxylic acids is 1. The molecule has 5 heteroatoms.